The molecule has 0 saturated heterocycles. The number of nitrogens with zero attached hydrogens (tertiary/aromatic N) is 1. The number of anilines is 1. The van der Waals surface area contributed by atoms with Gasteiger partial charge in [0.25, 0.3) is 5.91 Å². The molecule has 6 nitrogen and oxygen atoms in total. The molecule has 0 aromatic heterocycles. The van der Waals surface area contributed by atoms with E-state index in [0.717, 1.165) is 11.1 Å². The van der Waals surface area contributed by atoms with Crippen molar-refractivity contribution in [1.82, 2.24) is 10.7 Å². The van der Waals surface area contributed by atoms with E-state index < -0.39 is 17.8 Å². The van der Waals surface area contributed by atoms with Crippen LogP contribution in [0.4, 0.5) is 14.9 Å². The lowest BCUT2D eigenvalue weighted by Crippen LogP contribution is -2.37. The van der Waals surface area contributed by atoms with E-state index in [0.29, 0.717) is 5.69 Å². The Balaban J connectivity index is 1.71. The zero-order chi connectivity index (χ0) is 17.4. The van der Waals surface area contributed by atoms with E-state index >= 15 is 0 Å². The number of carbonyl (C=O) groups excluding carboxylic acids is 2. The summed E-state index contributed by atoms with van der Waals surface area (Å²) in [7, 11) is 0. The molecule has 0 radical (unpaired) electrons. The summed E-state index contributed by atoms with van der Waals surface area (Å²) in [6, 6.07) is 12.3. The standard InChI is InChI=1S/C17H17FN4O2/c1-12-2-4-13(5-3-12)10-20-22-16(23)11-19-17(24)21-15-8-6-14(18)7-9-15/h2-10H,11H2,1H3,(H,22,23)(H2,19,21,24). The van der Waals surface area contributed by atoms with Gasteiger partial charge >= 0.3 is 6.03 Å². The Hall–Kier alpha value is -3.22. The van der Waals surface area contributed by atoms with Crippen molar-refractivity contribution in [3.63, 3.8) is 0 Å². The molecule has 24 heavy (non-hydrogen) atoms. The smallest absolute Gasteiger partial charge is 0.319 e. The molecule has 3 N–H and O–H groups in total. The summed E-state index contributed by atoms with van der Waals surface area (Å²) in [6.07, 6.45) is 1.51. The first kappa shape index (κ1) is 17.1. The molecule has 3 amide bonds. The van der Waals surface area contributed by atoms with Gasteiger partial charge in [0.15, 0.2) is 0 Å². The first-order chi connectivity index (χ1) is 11.5. The zero-order valence-electron chi connectivity index (χ0n) is 13.0. The van der Waals surface area contributed by atoms with E-state index in [4.69, 9.17) is 0 Å². The molecule has 0 saturated carbocycles. The molecule has 7 heteroatoms. The Bertz CT molecular complexity index is 727. The number of benzene rings is 2. The maximum absolute atomic E-state index is 12.7. The second kappa shape index (κ2) is 8.42. The van der Waals surface area contributed by atoms with Crippen molar-refractivity contribution in [2.75, 3.05) is 11.9 Å². The lowest BCUT2D eigenvalue weighted by atomic mass is 10.2. The van der Waals surface area contributed by atoms with Crippen molar-refractivity contribution in [1.29, 1.82) is 0 Å². The van der Waals surface area contributed by atoms with Gasteiger partial charge in [-0.05, 0) is 36.8 Å². The van der Waals surface area contributed by atoms with Crippen LogP contribution in [-0.4, -0.2) is 24.7 Å². The van der Waals surface area contributed by atoms with Crippen molar-refractivity contribution >= 4 is 23.8 Å². The molecule has 0 bridgehead atoms. The lowest BCUT2D eigenvalue weighted by Gasteiger charge is -2.06. The topological polar surface area (TPSA) is 82.6 Å². The monoisotopic (exact) mass is 328 g/mol. The van der Waals surface area contributed by atoms with Gasteiger partial charge in [-0.25, -0.2) is 14.6 Å². The second-order valence-electron chi connectivity index (χ2n) is 5.02. The minimum Gasteiger partial charge on any atom is -0.329 e. The van der Waals surface area contributed by atoms with Crippen molar-refractivity contribution < 1.29 is 14.0 Å². The number of hydrogen-bond acceptors (Lipinski definition) is 3. The number of carbonyl (C=O) groups is 2. The number of hydrazone groups is 1. The quantitative estimate of drug-likeness (QED) is 0.582. The van der Waals surface area contributed by atoms with Crippen LogP contribution in [0.1, 0.15) is 11.1 Å². The minimum atomic E-state index is -0.570. The van der Waals surface area contributed by atoms with Crippen LogP contribution in [0.2, 0.25) is 0 Å². The fourth-order valence-corrected chi connectivity index (χ4v) is 1.74. The summed E-state index contributed by atoms with van der Waals surface area (Å²) >= 11 is 0. The van der Waals surface area contributed by atoms with E-state index in [-0.39, 0.29) is 6.54 Å². The molecule has 124 valence electrons. The van der Waals surface area contributed by atoms with Crippen LogP contribution in [0, 0.1) is 12.7 Å². The Morgan fingerprint density at radius 1 is 1.08 bits per heavy atom. The van der Waals surface area contributed by atoms with E-state index in [1.165, 1.54) is 30.5 Å². The number of aryl methyl sites for hydroxylation is 1. The highest BCUT2D eigenvalue weighted by molar-refractivity contribution is 5.92. The second-order valence-corrected chi connectivity index (χ2v) is 5.02. The van der Waals surface area contributed by atoms with Gasteiger partial charge in [0.1, 0.15) is 12.4 Å². The predicted molar refractivity (Wildman–Crippen MR) is 90.3 cm³/mol. The maximum atomic E-state index is 12.7. The first-order valence-electron chi connectivity index (χ1n) is 7.22. The number of amides is 3. The zero-order valence-corrected chi connectivity index (χ0v) is 13.0. The Labute approximate surface area is 138 Å². The molecular formula is C17H17FN4O2. The molecular weight excluding hydrogens is 311 g/mol. The molecule has 0 aliphatic heterocycles. The largest absolute Gasteiger partial charge is 0.329 e. The number of nitrogens with one attached hydrogen (secondary N) is 3. The number of hydrogen-bond donors (Lipinski definition) is 3. The van der Waals surface area contributed by atoms with Gasteiger partial charge in [-0.15, -0.1) is 0 Å². The van der Waals surface area contributed by atoms with Crippen LogP contribution in [0.15, 0.2) is 53.6 Å². The maximum Gasteiger partial charge on any atom is 0.319 e. The normalized spacial score (nSPS) is 10.4. The van der Waals surface area contributed by atoms with Gasteiger partial charge in [-0.3, -0.25) is 4.79 Å². The van der Waals surface area contributed by atoms with Gasteiger partial charge in [0, 0.05) is 5.69 Å². The molecule has 0 heterocycles. The Morgan fingerprint density at radius 2 is 1.75 bits per heavy atom. The highest BCUT2D eigenvalue weighted by Crippen LogP contribution is 2.07. The van der Waals surface area contributed by atoms with E-state index in [9.17, 15) is 14.0 Å². The highest BCUT2D eigenvalue weighted by Gasteiger charge is 2.04. The summed E-state index contributed by atoms with van der Waals surface area (Å²) in [5.74, 6) is -0.862. The molecule has 2 aromatic rings. The molecule has 2 aromatic carbocycles. The number of urea groups is 1. The van der Waals surface area contributed by atoms with Crippen LogP contribution in [0.25, 0.3) is 0 Å². The third-order valence-corrected chi connectivity index (χ3v) is 2.99. The average Bonchev–Trinajstić information content (AvgIpc) is 2.57. The van der Waals surface area contributed by atoms with Crippen LogP contribution >= 0.6 is 0 Å². The SMILES string of the molecule is Cc1ccc(C=NNC(=O)CNC(=O)Nc2ccc(F)cc2)cc1. The average molecular weight is 328 g/mol. The summed E-state index contributed by atoms with van der Waals surface area (Å²) in [4.78, 5) is 23.2. The highest BCUT2D eigenvalue weighted by atomic mass is 19.1. The third-order valence-electron chi connectivity index (χ3n) is 2.99. The molecule has 0 fully saturated rings. The number of halogens is 1. The van der Waals surface area contributed by atoms with Crippen LogP contribution in [-0.2, 0) is 4.79 Å². The summed E-state index contributed by atoms with van der Waals surface area (Å²) in [6.45, 7) is 1.74. The van der Waals surface area contributed by atoms with E-state index in [1.54, 1.807) is 0 Å². The first-order valence-corrected chi connectivity index (χ1v) is 7.22. The minimum absolute atomic E-state index is 0.238. The third kappa shape index (κ3) is 5.88. The Kier molecular flexibility index (Phi) is 6.01. The van der Waals surface area contributed by atoms with E-state index in [2.05, 4.69) is 21.2 Å². The predicted octanol–water partition coefficient (Wildman–Crippen LogP) is 2.41. The van der Waals surface area contributed by atoms with Gasteiger partial charge in [0.2, 0.25) is 0 Å². The van der Waals surface area contributed by atoms with Crippen molar-refractivity contribution in [3.05, 3.63) is 65.5 Å². The fraction of sp³-hybridized carbons (Fsp3) is 0.118. The van der Waals surface area contributed by atoms with Crippen LogP contribution in [0.5, 0.6) is 0 Å². The van der Waals surface area contributed by atoms with E-state index in [1.807, 2.05) is 31.2 Å². The van der Waals surface area contributed by atoms with Gasteiger partial charge in [0.05, 0.1) is 6.21 Å². The lowest BCUT2D eigenvalue weighted by molar-refractivity contribution is -0.120. The summed E-state index contributed by atoms with van der Waals surface area (Å²) < 4.78 is 12.7. The molecule has 0 unspecified atom stereocenters. The van der Waals surface area contributed by atoms with Gasteiger partial charge in [-0.1, -0.05) is 29.8 Å². The molecule has 0 aliphatic rings. The molecule has 0 atom stereocenters. The number of rotatable bonds is 5. The van der Waals surface area contributed by atoms with Gasteiger partial charge in [-0.2, -0.15) is 5.10 Å². The van der Waals surface area contributed by atoms with Crippen LogP contribution in [0.3, 0.4) is 0 Å². The summed E-state index contributed by atoms with van der Waals surface area (Å²) in [5, 5.41) is 8.65. The van der Waals surface area contributed by atoms with Crippen molar-refractivity contribution in [3.8, 4) is 0 Å². The molecule has 0 spiro atoms. The van der Waals surface area contributed by atoms with Crippen LogP contribution < -0.4 is 16.1 Å². The molecule has 0 aliphatic carbocycles. The van der Waals surface area contributed by atoms with Crippen molar-refractivity contribution in [2.45, 2.75) is 6.92 Å². The van der Waals surface area contributed by atoms with Gasteiger partial charge < -0.3 is 10.6 Å². The Morgan fingerprint density at radius 3 is 2.42 bits per heavy atom. The summed E-state index contributed by atoms with van der Waals surface area (Å²) in [5.41, 5.74) is 4.72. The molecule has 2 rings (SSSR count). The fourth-order valence-electron chi connectivity index (χ4n) is 1.74. The van der Waals surface area contributed by atoms with Crippen molar-refractivity contribution in [2.24, 2.45) is 5.10 Å².